The van der Waals surface area contributed by atoms with Crippen molar-refractivity contribution in [1.29, 1.82) is 0 Å². The largest absolute Gasteiger partial charge is 0.438 e. The molecule has 1 atom stereocenters. The molecule has 4 rings (SSSR count). The van der Waals surface area contributed by atoms with E-state index in [-0.39, 0.29) is 30.3 Å². The lowest BCUT2D eigenvalue weighted by Gasteiger charge is -2.40. The van der Waals surface area contributed by atoms with E-state index in [0.29, 0.717) is 24.5 Å². The van der Waals surface area contributed by atoms with Crippen molar-refractivity contribution >= 4 is 11.8 Å². The van der Waals surface area contributed by atoms with Gasteiger partial charge >= 0.3 is 0 Å². The summed E-state index contributed by atoms with van der Waals surface area (Å²) in [5.74, 6) is 0.530. The van der Waals surface area contributed by atoms with Crippen LogP contribution in [-0.2, 0) is 17.8 Å². The number of hydrogen-bond donors (Lipinski definition) is 0. The quantitative estimate of drug-likeness (QED) is 0.553. The van der Waals surface area contributed by atoms with E-state index in [9.17, 15) is 9.59 Å². The Kier molecular flexibility index (Phi) is 6.91. The summed E-state index contributed by atoms with van der Waals surface area (Å²) in [6.45, 7) is 5.38. The summed E-state index contributed by atoms with van der Waals surface area (Å²) >= 11 is 0. The second-order valence-electron chi connectivity index (χ2n) is 8.80. The Morgan fingerprint density at radius 2 is 1.94 bits per heavy atom. The fourth-order valence-corrected chi connectivity index (χ4v) is 4.65. The molecule has 3 aromatic rings. The Labute approximate surface area is 194 Å². The van der Waals surface area contributed by atoms with Crippen molar-refractivity contribution in [2.75, 3.05) is 20.1 Å². The van der Waals surface area contributed by atoms with Crippen molar-refractivity contribution < 1.29 is 14.0 Å². The zero-order valence-electron chi connectivity index (χ0n) is 19.5. The number of carbonyl (C=O) groups excluding carboxylic acids is 2. The molecule has 0 aliphatic carbocycles. The third kappa shape index (κ3) is 5.16. The van der Waals surface area contributed by atoms with Gasteiger partial charge in [0.2, 0.25) is 11.7 Å². The van der Waals surface area contributed by atoms with Gasteiger partial charge in [0.25, 0.3) is 5.91 Å². The summed E-state index contributed by atoms with van der Waals surface area (Å²) in [5.41, 5.74) is 3.09. The molecule has 0 bridgehead atoms. The number of benzene rings is 1. The maximum absolute atomic E-state index is 13.1. The minimum atomic E-state index is -0.109. The highest BCUT2D eigenvalue weighted by molar-refractivity contribution is 5.92. The predicted octanol–water partition coefficient (Wildman–Crippen LogP) is 3.11. The van der Waals surface area contributed by atoms with E-state index in [1.54, 1.807) is 24.0 Å². The van der Waals surface area contributed by atoms with Crippen LogP contribution in [0.15, 0.2) is 53.5 Å². The van der Waals surface area contributed by atoms with Crippen molar-refractivity contribution in [3.63, 3.8) is 0 Å². The standard InChI is InChI=1S/C25H31N5O3/c1-18-7-4-5-8-21(18)15-22(28(3)23(31)16-30-12-6-11-27-30)20-9-13-29(14-10-20)25(32)24-19(2)26-17-33-24/h4-8,11-12,17,20,22H,9-10,13-16H2,1-3H3. The summed E-state index contributed by atoms with van der Waals surface area (Å²) in [5, 5.41) is 4.18. The maximum atomic E-state index is 13.1. The molecule has 0 spiro atoms. The first-order valence-electron chi connectivity index (χ1n) is 11.4. The molecule has 8 heteroatoms. The minimum Gasteiger partial charge on any atom is -0.438 e. The van der Waals surface area contributed by atoms with E-state index in [1.165, 1.54) is 17.5 Å². The van der Waals surface area contributed by atoms with Crippen LogP contribution in [0.1, 0.15) is 40.2 Å². The number of carbonyl (C=O) groups is 2. The highest BCUT2D eigenvalue weighted by atomic mass is 16.3. The van der Waals surface area contributed by atoms with Crippen LogP contribution in [0.3, 0.4) is 0 Å². The fraction of sp³-hybridized carbons (Fsp3) is 0.440. The van der Waals surface area contributed by atoms with Gasteiger partial charge in [0.1, 0.15) is 6.54 Å². The Balaban J connectivity index is 1.48. The van der Waals surface area contributed by atoms with Gasteiger partial charge in [-0.2, -0.15) is 5.10 Å². The molecule has 0 N–H and O–H groups in total. The Morgan fingerprint density at radius 3 is 2.58 bits per heavy atom. The van der Waals surface area contributed by atoms with E-state index in [4.69, 9.17) is 4.42 Å². The monoisotopic (exact) mass is 449 g/mol. The first-order valence-corrected chi connectivity index (χ1v) is 11.4. The summed E-state index contributed by atoms with van der Waals surface area (Å²) < 4.78 is 6.96. The zero-order valence-corrected chi connectivity index (χ0v) is 19.5. The van der Waals surface area contributed by atoms with Crippen molar-refractivity contribution in [3.8, 4) is 0 Å². The average molecular weight is 450 g/mol. The highest BCUT2D eigenvalue weighted by Crippen LogP contribution is 2.28. The summed E-state index contributed by atoms with van der Waals surface area (Å²) in [6, 6.07) is 10.2. The number of rotatable bonds is 7. The van der Waals surface area contributed by atoms with Crippen LogP contribution in [0.25, 0.3) is 0 Å². The van der Waals surface area contributed by atoms with Gasteiger partial charge in [-0.15, -0.1) is 0 Å². The summed E-state index contributed by atoms with van der Waals surface area (Å²) in [7, 11) is 1.89. The minimum absolute atomic E-state index is 0.0353. The van der Waals surface area contributed by atoms with Crippen LogP contribution < -0.4 is 0 Å². The van der Waals surface area contributed by atoms with E-state index in [2.05, 4.69) is 29.1 Å². The molecular formula is C25H31N5O3. The number of piperidine rings is 1. The van der Waals surface area contributed by atoms with Gasteiger partial charge in [0.15, 0.2) is 6.39 Å². The highest BCUT2D eigenvalue weighted by Gasteiger charge is 2.34. The Hall–Kier alpha value is -3.42. The van der Waals surface area contributed by atoms with Crippen molar-refractivity contribution in [2.45, 2.75) is 45.7 Å². The van der Waals surface area contributed by atoms with Gasteiger partial charge in [-0.3, -0.25) is 14.3 Å². The first kappa shape index (κ1) is 22.8. The third-order valence-corrected chi connectivity index (χ3v) is 6.75. The van der Waals surface area contributed by atoms with Gasteiger partial charge in [-0.05, 0) is 56.2 Å². The third-order valence-electron chi connectivity index (χ3n) is 6.75. The van der Waals surface area contributed by atoms with Crippen LogP contribution in [0, 0.1) is 19.8 Å². The molecule has 1 aromatic carbocycles. The SMILES string of the molecule is Cc1ccccc1CC(C1CCN(C(=O)c2ocnc2C)CC1)N(C)C(=O)Cn1cccn1. The summed E-state index contributed by atoms with van der Waals surface area (Å²) in [4.78, 5) is 33.7. The molecule has 1 aliphatic heterocycles. The van der Waals surface area contributed by atoms with Gasteiger partial charge in [0, 0.05) is 38.6 Å². The first-order chi connectivity index (χ1) is 15.9. The number of likely N-dealkylation sites (N-methyl/N-ethyl adjacent to an activating group) is 1. The molecule has 1 unspecified atom stereocenters. The van der Waals surface area contributed by atoms with Crippen LogP contribution in [0.4, 0.5) is 0 Å². The number of hydrogen-bond acceptors (Lipinski definition) is 5. The molecular weight excluding hydrogens is 418 g/mol. The van der Waals surface area contributed by atoms with Crippen LogP contribution in [0.5, 0.6) is 0 Å². The average Bonchev–Trinajstić information content (AvgIpc) is 3.49. The molecule has 2 amide bonds. The second kappa shape index (κ2) is 10.0. The van der Waals surface area contributed by atoms with E-state index in [1.807, 2.05) is 35.0 Å². The predicted molar refractivity (Wildman–Crippen MR) is 124 cm³/mol. The molecule has 0 radical (unpaired) electrons. The zero-order chi connectivity index (χ0) is 23.4. The van der Waals surface area contributed by atoms with Gasteiger partial charge in [-0.1, -0.05) is 24.3 Å². The normalized spacial score (nSPS) is 15.4. The number of nitrogens with zero attached hydrogens (tertiary/aromatic N) is 5. The van der Waals surface area contributed by atoms with E-state index < -0.39 is 0 Å². The van der Waals surface area contributed by atoms with Crippen molar-refractivity contribution in [2.24, 2.45) is 5.92 Å². The second-order valence-corrected chi connectivity index (χ2v) is 8.80. The maximum Gasteiger partial charge on any atom is 0.291 e. The van der Waals surface area contributed by atoms with E-state index >= 15 is 0 Å². The Bertz CT molecular complexity index is 1080. The number of likely N-dealkylation sites (tertiary alicyclic amines) is 1. The smallest absolute Gasteiger partial charge is 0.291 e. The topological polar surface area (TPSA) is 84.5 Å². The summed E-state index contributed by atoms with van der Waals surface area (Å²) in [6.07, 6.45) is 7.24. The van der Waals surface area contributed by atoms with Crippen LogP contribution >= 0.6 is 0 Å². The van der Waals surface area contributed by atoms with Crippen LogP contribution in [0.2, 0.25) is 0 Å². The van der Waals surface area contributed by atoms with Crippen molar-refractivity contribution in [3.05, 3.63) is 71.7 Å². The molecule has 2 aromatic heterocycles. The number of oxazole rings is 1. The molecule has 8 nitrogen and oxygen atoms in total. The number of aromatic nitrogens is 3. The molecule has 3 heterocycles. The van der Waals surface area contributed by atoms with Crippen molar-refractivity contribution in [1.82, 2.24) is 24.6 Å². The van der Waals surface area contributed by atoms with Gasteiger partial charge in [-0.25, -0.2) is 4.98 Å². The van der Waals surface area contributed by atoms with Gasteiger partial charge in [0.05, 0.1) is 5.69 Å². The van der Waals surface area contributed by atoms with E-state index in [0.717, 1.165) is 19.3 Å². The number of amides is 2. The fourth-order valence-electron chi connectivity index (χ4n) is 4.65. The Morgan fingerprint density at radius 1 is 1.18 bits per heavy atom. The van der Waals surface area contributed by atoms with Crippen LogP contribution in [-0.4, -0.2) is 62.6 Å². The molecule has 174 valence electrons. The number of aryl methyl sites for hydroxylation is 2. The lowest BCUT2D eigenvalue weighted by atomic mass is 9.84. The molecule has 1 aliphatic rings. The molecule has 0 saturated carbocycles. The molecule has 33 heavy (non-hydrogen) atoms. The molecule has 1 saturated heterocycles. The molecule has 1 fully saturated rings. The lowest BCUT2D eigenvalue weighted by Crippen LogP contribution is -2.49. The lowest BCUT2D eigenvalue weighted by molar-refractivity contribution is -0.134. The van der Waals surface area contributed by atoms with Gasteiger partial charge < -0.3 is 14.2 Å².